The van der Waals surface area contributed by atoms with Crippen LogP contribution in [0.4, 0.5) is 16.1 Å². The molecule has 2 heterocycles. The van der Waals surface area contributed by atoms with Crippen molar-refractivity contribution in [3.8, 4) is 0 Å². The fourth-order valence-corrected chi connectivity index (χ4v) is 1.79. The molecule has 2 nitrogen and oxygen atoms in total. The third-order valence-corrected chi connectivity index (χ3v) is 2.82. The summed E-state index contributed by atoms with van der Waals surface area (Å²) >= 11 is 0. The average Bonchev–Trinajstić information content (AvgIpc) is 2.19. The second-order valence-electron chi connectivity index (χ2n) is 3.79. The van der Waals surface area contributed by atoms with E-state index in [2.05, 4.69) is 43.7 Å². The highest BCUT2D eigenvalue weighted by atomic mass is 19.0. The summed E-state index contributed by atoms with van der Waals surface area (Å²) in [6.07, 6.45) is 2.50. The number of benzene rings is 1. The van der Waals surface area contributed by atoms with E-state index in [9.17, 15) is 0 Å². The van der Waals surface area contributed by atoms with Gasteiger partial charge >= 0.3 is 0 Å². The van der Waals surface area contributed by atoms with E-state index < -0.39 is 0 Å². The smallest absolute Gasteiger partial charge is 0.163 e. The molecule has 0 fully saturated rings. The molecule has 0 saturated carbocycles. The predicted molar refractivity (Wildman–Crippen MR) is 59.2 cm³/mol. The molecule has 0 amide bonds. The molecule has 1 N–H and O–H groups in total. The van der Waals surface area contributed by atoms with E-state index in [-0.39, 0.29) is 4.70 Å². The van der Waals surface area contributed by atoms with Crippen LogP contribution in [-0.2, 0) is 0 Å². The van der Waals surface area contributed by atoms with Crippen molar-refractivity contribution in [2.24, 2.45) is 0 Å². The maximum atomic E-state index is 3.55. The topological polar surface area (TPSA) is 12.0 Å². The number of hydrogen-bond acceptors (Lipinski definition) is 1. The van der Waals surface area contributed by atoms with Gasteiger partial charge in [-0.3, -0.25) is 4.70 Å². The lowest BCUT2D eigenvalue weighted by atomic mass is 10.1. The second kappa shape index (κ2) is 4.07. The van der Waals surface area contributed by atoms with Crippen molar-refractivity contribution in [2.75, 3.05) is 13.6 Å². The summed E-state index contributed by atoms with van der Waals surface area (Å²) in [7, 11) is 2.21. The first-order chi connectivity index (χ1) is 6.27. The largest absolute Gasteiger partial charge is 0.269 e. The van der Waals surface area contributed by atoms with Crippen molar-refractivity contribution in [3.05, 3.63) is 24.3 Å². The molecule has 2 aliphatic rings. The number of halogens is 1. The molecule has 0 spiro atoms. The van der Waals surface area contributed by atoms with Crippen LogP contribution in [0.2, 0.25) is 0 Å². The lowest BCUT2D eigenvalue weighted by Crippen LogP contribution is -2.56. The summed E-state index contributed by atoms with van der Waals surface area (Å²) in [6, 6.07) is 8.70. The van der Waals surface area contributed by atoms with E-state index in [1.54, 1.807) is 0 Å². The molecule has 0 atom stereocenters. The average molecular weight is 197 g/mol. The van der Waals surface area contributed by atoms with Gasteiger partial charge in [0.2, 0.25) is 0 Å². The summed E-state index contributed by atoms with van der Waals surface area (Å²) < 4.78 is 0.830. The minimum Gasteiger partial charge on any atom is -0.269 e. The highest BCUT2D eigenvalue weighted by Gasteiger charge is 2.37. The fraction of sp³-hybridized carbons (Fsp3) is 0.455. The molecular formula is C11H18FN2+. The Labute approximate surface area is 84.5 Å². The first kappa shape index (κ1) is 11.1. The fourth-order valence-electron chi connectivity index (χ4n) is 1.79. The summed E-state index contributed by atoms with van der Waals surface area (Å²) in [5, 5.41) is 0. The number of unbranched alkanes of at least 4 members (excludes halogenated alkanes) is 1. The molecule has 0 aromatic heterocycles. The monoisotopic (exact) mass is 197 g/mol. The zero-order valence-electron chi connectivity index (χ0n) is 8.79. The Morgan fingerprint density at radius 1 is 1.29 bits per heavy atom. The summed E-state index contributed by atoms with van der Waals surface area (Å²) in [5.41, 5.74) is 6.29. The van der Waals surface area contributed by atoms with Crippen LogP contribution in [0, 0.1) is 0 Å². The molecule has 78 valence electrons. The number of rotatable bonds is 4. The molecule has 2 aliphatic heterocycles. The van der Waals surface area contributed by atoms with E-state index in [0.717, 1.165) is 11.1 Å². The maximum Gasteiger partial charge on any atom is 0.163 e. The number of fused-ring (bicyclic) bond motifs is 2. The molecule has 0 saturated heterocycles. The standard InChI is InChI=1S/C11H17N2.FH/c1-3-4-8-12-13(2)10-6-5-7-11(13)9-10;/h5-7,9,12H,3-4,8H2,1-2H3;1H/q+1;. The van der Waals surface area contributed by atoms with Gasteiger partial charge in [0.1, 0.15) is 0 Å². The Morgan fingerprint density at radius 2 is 1.93 bits per heavy atom. The molecule has 2 bridgehead atoms. The number of quaternary nitrogens is 1. The minimum atomic E-state index is 0. The van der Waals surface area contributed by atoms with Gasteiger partial charge in [-0.1, -0.05) is 19.4 Å². The Balaban J connectivity index is 0.000000980. The van der Waals surface area contributed by atoms with Crippen LogP contribution in [-0.4, -0.2) is 13.6 Å². The van der Waals surface area contributed by atoms with Gasteiger partial charge in [-0.25, -0.2) is 0 Å². The van der Waals surface area contributed by atoms with E-state index in [0.29, 0.717) is 0 Å². The van der Waals surface area contributed by atoms with E-state index in [4.69, 9.17) is 0 Å². The molecule has 0 unspecified atom stereocenters. The predicted octanol–water partition coefficient (Wildman–Crippen LogP) is 2.73. The van der Waals surface area contributed by atoms with Crippen LogP contribution < -0.4 is 10.0 Å². The second-order valence-corrected chi connectivity index (χ2v) is 3.79. The number of nitrogens with zero attached hydrogens (tertiary/aromatic N) is 1. The van der Waals surface area contributed by atoms with Crippen molar-refractivity contribution in [2.45, 2.75) is 19.8 Å². The van der Waals surface area contributed by atoms with Gasteiger partial charge in [-0.05, 0) is 6.42 Å². The van der Waals surface area contributed by atoms with Crippen LogP contribution in [0.1, 0.15) is 19.8 Å². The molecule has 3 heteroatoms. The molecule has 1 aromatic rings. The summed E-state index contributed by atoms with van der Waals surface area (Å²) in [4.78, 5) is 0. The van der Waals surface area contributed by atoms with Crippen molar-refractivity contribution in [3.63, 3.8) is 0 Å². The maximum absolute atomic E-state index is 3.55. The summed E-state index contributed by atoms with van der Waals surface area (Å²) in [6.45, 7) is 3.31. The first-order valence-electron chi connectivity index (χ1n) is 5.00. The molecule has 0 aliphatic carbocycles. The highest BCUT2D eigenvalue weighted by Crippen LogP contribution is 2.41. The van der Waals surface area contributed by atoms with Crippen molar-refractivity contribution >= 4 is 11.4 Å². The molecule has 1 aromatic carbocycles. The Kier molecular flexibility index (Phi) is 3.24. The molecule has 14 heavy (non-hydrogen) atoms. The van der Waals surface area contributed by atoms with Crippen LogP contribution in [0.3, 0.4) is 0 Å². The van der Waals surface area contributed by atoms with Gasteiger partial charge < -0.3 is 0 Å². The van der Waals surface area contributed by atoms with Gasteiger partial charge in [0, 0.05) is 18.7 Å². The van der Waals surface area contributed by atoms with Gasteiger partial charge in [0.25, 0.3) is 0 Å². The van der Waals surface area contributed by atoms with Crippen molar-refractivity contribution in [1.82, 2.24) is 10.0 Å². The van der Waals surface area contributed by atoms with E-state index >= 15 is 0 Å². The number of nitrogens with one attached hydrogen (secondary N) is 1. The third-order valence-electron chi connectivity index (χ3n) is 2.82. The Hall–Kier alpha value is -0.930. The van der Waals surface area contributed by atoms with Gasteiger partial charge in [-0.2, -0.15) is 10.0 Å². The summed E-state index contributed by atoms with van der Waals surface area (Å²) in [5.74, 6) is 0. The lowest BCUT2D eigenvalue weighted by Gasteiger charge is -2.39. The quantitative estimate of drug-likeness (QED) is 0.578. The van der Waals surface area contributed by atoms with Crippen molar-refractivity contribution < 1.29 is 4.70 Å². The van der Waals surface area contributed by atoms with Crippen LogP contribution in [0.5, 0.6) is 0 Å². The number of hydrogen-bond donors (Lipinski definition) is 1. The van der Waals surface area contributed by atoms with Gasteiger partial charge in [-0.15, -0.1) is 0 Å². The minimum absolute atomic E-state index is 0. The zero-order valence-corrected chi connectivity index (χ0v) is 8.79. The van der Waals surface area contributed by atoms with E-state index in [1.165, 1.54) is 24.2 Å². The van der Waals surface area contributed by atoms with Gasteiger partial charge in [0.05, 0.1) is 13.1 Å². The first-order valence-corrected chi connectivity index (χ1v) is 5.00. The van der Waals surface area contributed by atoms with Crippen LogP contribution in [0.25, 0.3) is 0 Å². The van der Waals surface area contributed by atoms with Crippen LogP contribution >= 0.6 is 0 Å². The molecular weight excluding hydrogens is 179 g/mol. The lowest BCUT2D eigenvalue weighted by molar-refractivity contribution is 0.312. The zero-order chi connectivity index (χ0) is 9.31. The SMILES string of the molecule is CCCCN[N+]1(C)c2cccc1c2.F. The van der Waals surface area contributed by atoms with Crippen LogP contribution in [0.15, 0.2) is 24.3 Å². The Morgan fingerprint density at radius 3 is 2.43 bits per heavy atom. The van der Waals surface area contributed by atoms with E-state index in [1.807, 2.05) is 0 Å². The normalized spacial score (nSPS) is 15.6. The molecule has 3 rings (SSSR count). The molecule has 0 radical (unpaired) electrons. The Bertz CT molecular complexity index is 285. The van der Waals surface area contributed by atoms with Gasteiger partial charge in [0.15, 0.2) is 11.4 Å². The van der Waals surface area contributed by atoms with Crippen molar-refractivity contribution in [1.29, 1.82) is 0 Å². The highest BCUT2D eigenvalue weighted by molar-refractivity contribution is 5.70. The third kappa shape index (κ3) is 1.53.